The zero-order chi connectivity index (χ0) is 17.1. The van der Waals surface area contributed by atoms with Crippen LogP contribution in [0.15, 0.2) is 67.5 Å². The highest BCUT2D eigenvalue weighted by Crippen LogP contribution is 2.07. The summed E-state index contributed by atoms with van der Waals surface area (Å²) in [6.45, 7) is 1.02. The number of rotatable bonds is 5. The van der Waals surface area contributed by atoms with Crippen LogP contribution in [0.2, 0.25) is 0 Å². The van der Waals surface area contributed by atoms with Crippen molar-refractivity contribution in [1.82, 2.24) is 29.5 Å². The van der Waals surface area contributed by atoms with Gasteiger partial charge in [0.2, 0.25) is 0 Å². The molecule has 0 saturated heterocycles. The zero-order valence-corrected chi connectivity index (χ0v) is 13.4. The van der Waals surface area contributed by atoms with E-state index in [0.717, 1.165) is 16.9 Å². The van der Waals surface area contributed by atoms with Crippen molar-refractivity contribution in [2.45, 2.75) is 13.1 Å². The molecule has 0 aliphatic carbocycles. The van der Waals surface area contributed by atoms with Crippen molar-refractivity contribution in [2.24, 2.45) is 0 Å². The monoisotopic (exact) mass is 332 g/mol. The first-order valence-electron chi connectivity index (χ1n) is 7.90. The van der Waals surface area contributed by atoms with Crippen LogP contribution in [0.25, 0.3) is 5.65 Å². The maximum atomic E-state index is 12.3. The van der Waals surface area contributed by atoms with Gasteiger partial charge < -0.3 is 9.72 Å². The second-order valence-corrected chi connectivity index (χ2v) is 5.67. The van der Waals surface area contributed by atoms with Crippen LogP contribution < -0.4 is 5.32 Å². The maximum Gasteiger partial charge on any atom is 0.251 e. The number of carbonyl (C=O) groups excluding carboxylic acids is 1. The molecular formula is C18H16N6O. The highest BCUT2D eigenvalue weighted by atomic mass is 16.1. The van der Waals surface area contributed by atoms with Gasteiger partial charge in [0.1, 0.15) is 18.3 Å². The number of nitrogens with one attached hydrogen (secondary N) is 1. The van der Waals surface area contributed by atoms with Gasteiger partial charge in [0.25, 0.3) is 5.91 Å². The maximum absolute atomic E-state index is 12.3. The standard InChI is InChI=1S/C18H16N6O/c25-18(20-9-16-11-23-8-2-1-3-17(23)22-16)15-6-4-14(5-7-15)10-24-13-19-12-21-24/h1-8,11-13H,9-10H2,(H,20,25). The van der Waals surface area contributed by atoms with Crippen molar-refractivity contribution in [3.05, 3.63) is 84.3 Å². The van der Waals surface area contributed by atoms with Gasteiger partial charge in [0.05, 0.1) is 18.8 Å². The Morgan fingerprint density at radius 3 is 2.76 bits per heavy atom. The van der Waals surface area contributed by atoms with Gasteiger partial charge in [0, 0.05) is 18.0 Å². The van der Waals surface area contributed by atoms with Crippen LogP contribution in [0.5, 0.6) is 0 Å². The molecule has 0 spiro atoms. The average molecular weight is 332 g/mol. The van der Waals surface area contributed by atoms with Crippen molar-refractivity contribution in [3.63, 3.8) is 0 Å². The van der Waals surface area contributed by atoms with Crippen molar-refractivity contribution >= 4 is 11.6 Å². The Hall–Kier alpha value is -3.48. The molecular weight excluding hydrogens is 316 g/mol. The smallest absolute Gasteiger partial charge is 0.251 e. The Morgan fingerprint density at radius 2 is 2.00 bits per heavy atom. The third kappa shape index (κ3) is 3.40. The molecule has 0 aliphatic rings. The lowest BCUT2D eigenvalue weighted by Gasteiger charge is -2.05. The summed E-state index contributed by atoms with van der Waals surface area (Å²) in [5, 5.41) is 6.97. The molecule has 0 saturated carbocycles. The zero-order valence-electron chi connectivity index (χ0n) is 13.4. The minimum Gasteiger partial charge on any atom is -0.346 e. The average Bonchev–Trinajstić information content (AvgIpc) is 3.29. The van der Waals surface area contributed by atoms with Gasteiger partial charge in [0.15, 0.2) is 0 Å². The molecule has 0 atom stereocenters. The number of fused-ring (bicyclic) bond motifs is 1. The topological polar surface area (TPSA) is 77.1 Å². The summed E-state index contributed by atoms with van der Waals surface area (Å²) in [5.41, 5.74) is 3.36. The molecule has 1 aromatic carbocycles. The van der Waals surface area contributed by atoms with E-state index in [0.29, 0.717) is 18.7 Å². The number of nitrogens with zero attached hydrogens (tertiary/aromatic N) is 5. The van der Waals surface area contributed by atoms with Crippen molar-refractivity contribution in [2.75, 3.05) is 0 Å². The fraction of sp³-hybridized carbons (Fsp3) is 0.111. The van der Waals surface area contributed by atoms with E-state index in [2.05, 4.69) is 20.4 Å². The van der Waals surface area contributed by atoms with Crippen LogP contribution in [0.3, 0.4) is 0 Å². The second kappa shape index (κ2) is 6.56. The predicted octanol–water partition coefficient (Wildman–Crippen LogP) is 1.90. The first kappa shape index (κ1) is 15.1. The number of amides is 1. The third-order valence-electron chi connectivity index (χ3n) is 3.87. The molecule has 3 heterocycles. The first-order valence-corrected chi connectivity index (χ1v) is 7.90. The SMILES string of the molecule is O=C(NCc1cn2ccccc2n1)c1ccc(Cn2cncn2)cc1. The van der Waals surface area contributed by atoms with Gasteiger partial charge in [-0.2, -0.15) is 5.10 Å². The largest absolute Gasteiger partial charge is 0.346 e. The minimum absolute atomic E-state index is 0.121. The third-order valence-corrected chi connectivity index (χ3v) is 3.87. The van der Waals surface area contributed by atoms with E-state index in [1.54, 1.807) is 11.0 Å². The number of aromatic nitrogens is 5. The fourth-order valence-electron chi connectivity index (χ4n) is 2.61. The lowest BCUT2D eigenvalue weighted by Crippen LogP contribution is -2.22. The van der Waals surface area contributed by atoms with Crippen molar-refractivity contribution in [1.29, 1.82) is 0 Å². The number of pyridine rings is 1. The molecule has 124 valence electrons. The molecule has 1 amide bonds. The van der Waals surface area contributed by atoms with E-state index in [4.69, 9.17) is 0 Å². The highest BCUT2D eigenvalue weighted by Gasteiger charge is 2.07. The highest BCUT2D eigenvalue weighted by molar-refractivity contribution is 5.94. The summed E-state index contributed by atoms with van der Waals surface area (Å²) in [7, 11) is 0. The Morgan fingerprint density at radius 1 is 1.12 bits per heavy atom. The van der Waals surface area contributed by atoms with E-state index >= 15 is 0 Å². The van der Waals surface area contributed by atoms with E-state index in [9.17, 15) is 4.79 Å². The molecule has 7 heteroatoms. The summed E-state index contributed by atoms with van der Waals surface area (Å²) in [5.74, 6) is -0.121. The summed E-state index contributed by atoms with van der Waals surface area (Å²) in [6, 6.07) is 13.3. The lowest BCUT2D eigenvalue weighted by molar-refractivity contribution is 0.0950. The van der Waals surface area contributed by atoms with Crippen LogP contribution in [0.1, 0.15) is 21.6 Å². The molecule has 4 rings (SSSR count). The molecule has 25 heavy (non-hydrogen) atoms. The van der Waals surface area contributed by atoms with Gasteiger partial charge >= 0.3 is 0 Å². The predicted molar refractivity (Wildman–Crippen MR) is 91.9 cm³/mol. The van der Waals surface area contributed by atoms with E-state index in [1.807, 2.05) is 59.3 Å². The van der Waals surface area contributed by atoms with Gasteiger partial charge in [-0.1, -0.05) is 18.2 Å². The molecule has 3 aromatic heterocycles. The molecule has 0 aliphatic heterocycles. The molecule has 7 nitrogen and oxygen atoms in total. The number of hydrogen-bond acceptors (Lipinski definition) is 4. The Bertz CT molecular complexity index is 955. The Labute approximate surface area is 144 Å². The molecule has 0 bridgehead atoms. The summed E-state index contributed by atoms with van der Waals surface area (Å²) >= 11 is 0. The second-order valence-electron chi connectivity index (χ2n) is 5.67. The van der Waals surface area contributed by atoms with Gasteiger partial charge in [-0.05, 0) is 29.8 Å². The van der Waals surface area contributed by atoms with Crippen LogP contribution in [-0.2, 0) is 13.1 Å². The summed E-state index contributed by atoms with van der Waals surface area (Å²) in [6.07, 6.45) is 7.01. The Balaban J connectivity index is 1.38. The lowest BCUT2D eigenvalue weighted by atomic mass is 10.1. The van der Waals surface area contributed by atoms with Crippen molar-refractivity contribution in [3.8, 4) is 0 Å². The van der Waals surface area contributed by atoms with Crippen LogP contribution in [0, 0.1) is 0 Å². The van der Waals surface area contributed by atoms with E-state index < -0.39 is 0 Å². The summed E-state index contributed by atoms with van der Waals surface area (Å²) < 4.78 is 3.67. The minimum atomic E-state index is -0.121. The van der Waals surface area contributed by atoms with Gasteiger partial charge in [-0.3, -0.25) is 4.79 Å². The van der Waals surface area contributed by atoms with E-state index in [-0.39, 0.29) is 5.91 Å². The number of hydrogen-bond donors (Lipinski definition) is 1. The molecule has 0 unspecified atom stereocenters. The van der Waals surface area contributed by atoms with Crippen LogP contribution in [0.4, 0.5) is 0 Å². The van der Waals surface area contributed by atoms with Gasteiger partial charge in [-0.25, -0.2) is 14.6 Å². The Kier molecular flexibility index (Phi) is 3.96. The van der Waals surface area contributed by atoms with Gasteiger partial charge in [-0.15, -0.1) is 0 Å². The van der Waals surface area contributed by atoms with E-state index in [1.165, 1.54) is 6.33 Å². The molecule has 0 fully saturated rings. The normalized spacial score (nSPS) is 10.9. The molecule has 1 N–H and O–H groups in total. The van der Waals surface area contributed by atoms with Crippen LogP contribution >= 0.6 is 0 Å². The van der Waals surface area contributed by atoms with Crippen molar-refractivity contribution < 1.29 is 4.79 Å². The summed E-state index contributed by atoms with van der Waals surface area (Å²) in [4.78, 5) is 20.7. The molecule has 0 radical (unpaired) electrons. The fourth-order valence-corrected chi connectivity index (χ4v) is 2.61. The number of imidazole rings is 1. The molecule has 4 aromatic rings. The van der Waals surface area contributed by atoms with Crippen LogP contribution in [-0.4, -0.2) is 30.1 Å². The first-order chi connectivity index (χ1) is 12.3. The quantitative estimate of drug-likeness (QED) is 0.605. The number of carbonyl (C=O) groups is 1. The number of benzene rings is 1.